The topological polar surface area (TPSA) is 98.2 Å². The number of H-pyrrole nitrogens is 1. The van der Waals surface area contributed by atoms with Crippen LogP contribution in [0, 0.1) is 18.8 Å². The van der Waals surface area contributed by atoms with Gasteiger partial charge >= 0.3 is 5.97 Å². The van der Waals surface area contributed by atoms with Crippen LogP contribution in [-0.4, -0.2) is 45.9 Å². The summed E-state index contributed by atoms with van der Waals surface area (Å²) in [6.07, 6.45) is 8.74. The Kier molecular flexibility index (Phi) is 8.82. The number of esters is 1. The standard InChI is InChI=1S/C31H42N4O4/c1-20(2)7-9-26(31(37)39-25-5-4-6-25)32-17-23-8-10-28-27(16-23)34-29(24-15-21(3)30(36)33-18-24)35(28)19-22-11-13-38-14-12-22/h8,10,15-16,18,20,22,25-26,32H,4-7,9,11-14,17,19H2,1-3H3,(H,33,36)/t26-/m0/s1. The van der Waals surface area contributed by atoms with Crippen molar-refractivity contribution in [2.75, 3.05) is 13.2 Å². The van der Waals surface area contributed by atoms with Crippen LogP contribution < -0.4 is 10.9 Å². The molecule has 2 aliphatic rings. The van der Waals surface area contributed by atoms with Gasteiger partial charge in [0.15, 0.2) is 0 Å². The Labute approximate surface area is 230 Å². The molecule has 0 bridgehead atoms. The first-order valence-electron chi connectivity index (χ1n) is 14.6. The van der Waals surface area contributed by atoms with E-state index in [-0.39, 0.29) is 23.7 Å². The van der Waals surface area contributed by atoms with E-state index in [1.54, 1.807) is 6.20 Å². The fourth-order valence-electron chi connectivity index (χ4n) is 5.38. The van der Waals surface area contributed by atoms with Crippen LogP contribution >= 0.6 is 0 Å². The van der Waals surface area contributed by atoms with E-state index in [1.165, 1.54) is 0 Å². The van der Waals surface area contributed by atoms with E-state index in [4.69, 9.17) is 14.5 Å². The molecule has 1 aliphatic heterocycles. The first-order valence-corrected chi connectivity index (χ1v) is 14.6. The summed E-state index contributed by atoms with van der Waals surface area (Å²) in [5, 5.41) is 3.48. The number of benzene rings is 1. The van der Waals surface area contributed by atoms with Crippen LogP contribution in [0.5, 0.6) is 0 Å². The number of rotatable bonds is 11. The quantitative estimate of drug-likeness (QED) is 0.332. The third-order valence-corrected chi connectivity index (χ3v) is 8.15. The smallest absolute Gasteiger partial charge is 0.323 e. The summed E-state index contributed by atoms with van der Waals surface area (Å²) in [5.74, 6) is 1.78. The monoisotopic (exact) mass is 534 g/mol. The van der Waals surface area contributed by atoms with Crippen LogP contribution in [0.1, 0.15) is 69.9 Å². The van der Waals surface area contributed by atoms with Crippen LogP contribution in [0.3, 0.4) is 0 Å². The molecule has 39 heavy (non-hydrogen) atoms. The summed E-state index contributed by atoms with van der Waals surface area (Å²) in [6.45, 7) is 9.19. The van der Waals surface area contributed by atoms with Gasteiger partial charge in [-0.25, -0.2) is 4.98 Å². The number of nitrogens with one attached hydrogen (secondary N) is 2. The highest BCUT2D eigenvalue weighted by atomic mass is 16.5. The number of aryl methyl sites for hydroxylation is 1. The summed E-state index contributed by atoms with van der Waals surface area (Å²) in [5.41, 5.74) is 4.56. The molecular weight excluding hydrogens is 492 g/mol. The summed E-state index contributed by atoms with van der Waals surface area (Å²) in [7, 11) is 0. The molecule has 8 nitrogen and oxygen atoms in total. The molecule has 0 unspecified atom stereocenters. The molecule has 1 aliphatic carbocycles. The molecule has 210 valence electrons. The highest BCUT2D eigenvalue weighted by Gasteiger charge is 2.27. The zero-order valence-electron chi connectivity index (χ0n) is 23.5. The second-order valence-electron chi connectivity index (χ2n) is 11.7. The fraction of sp³-hybridized carbons (Fsp3) is 0.581. The Morgan fingerprint density at radius 1 is 1.18 bits per heavy atom. The number of ether oxygens (including phenoxy) is 2. The zero-order valence-corrected chi connectivity index (χ0v) is 23.5. The number of nitrogens with zero attached hydrogens (tertiary/aromatic N) is 2. The molecule has 2 aromatic heterocycles. The van der Waals surface area contributed by atoms with E-state index >= 15 is 0 Å². The number of hydrogen-bond donors (Lipinski definition) is 2. The molecule has 0 radical (unpaired) electrons. The van der Waals surface area contributed by atoms with Crippen LogP contribution in [0.4, 0.5) is 0 Å². The van der Waals surface area contributed by atoms with Gasteiger partial charge in [0.2, 0.25) is 0 Å². The highest BCUT2D eigenvalue weighted by Crippen LogP contribution is 2.29. The molecule has 1 aromatic carbocycles. The molecule has 2 fully saturated rings. The van der Waals surface area contributed by atoms with Crippen LogP contribution in [0.25, 0.3) is 22.4 Å². The van der Waals surface area contributed by atoms with E-state index in [2.05, 4.69) is 46.9 Å². The summed E-state index contributed by atoms with van der Waals surface area (Å²) < 4.78 is 13.6. The Morgan fingerprint density at radius 3 is 2.67 bits per heavy atom. The third kappa shape index (κ3) is 6.79. The van der Waals surface area contributed by atoms with E-state index in [0.717, 1.165) is 92.7 Å². The molecule has 0 amide bonds. The number of carbonyl (C=O) groups excluding carboxylic acids is 1. The van der Waals surface area contributed by atoms with Gasteiger partial charge in [-0.05, 0) is 87.5 Å². The molecular formula is C31H42N4O4. The van der Waals surface area contributed by atoms with Gasteiger partial charge < -0.3 is 24.3 Å². The SMILES string of the molecule is Cc1cc(-c2nc3cc(CN[C@@H](CCC(C)C)C(=O)OC4CCC4)ccc3n2CC2CCOCC2)c[nH]c1=O. The Balaban J connectivity index is 1.39. The minimum atomic E-state index is -0.311. The van der Waals surface area contributed by atoms with Gasteiger partial charge in [-0.15, -0.1) is 0 Å². The van der Waals surface area contributed by atoms with Crippen molar-refractivity contribution in [1.29, 1.82) is 0 Å². The first kappa shape index (κ1) is 27.6. The molecule has 5 rings (SSSR count). The predicted molar refractivity (Wildman–Crippen MR) is 153 cm³/mol. The lowest BCUT2D eigenvalue weighted by Gasteiger charge is -2.28. The fourth-order valence-corrected chi connectivity index (χ4v) is 5.38. The largest absolute Gasteiger partial charge is 0.461 e. The van der Waals surface area contributed by atoms with Crippen molar-refractivity contribution in [2.45, 2.75) is 91.0 Å². The minimum Gasteiger partial charge on any atom is -0.461 e. The van der Waals surface area contributed by atoms with Crippen molar-refractivity contribution in [1.82, 2.24) is 19.9 Å². The predicted octanol–water partition coefficient (Wildman–Crippen LogP) is 5.12. The second kappa shape index (κ2) is 12.5. The Bertz CT molecular complexity index is 1330. The molecule has 3 aromatic rings. The number of fused-ring (bicyclic) bond motifs is 1. The molecule has 1 atom stereocenters. The Morgan fingerprint density at radius 2 is 1.97 bits per heavy atom. The van der Waals surface area contributed by atoms with Crippen molar-refractivity contribution < 1.29 is 14.3 Å². The maximum Gasteiger partial charge on any atom is 0.323 e. The van der Waals surface area contributed by atoms with E-state index in [0.29, 0.717) is 23.9 Å². The van der Waals surface area contributed by atoms with E-state index in [9.17, 15) is 9.59 Å². The minimum absolute atomic E-state index is 0.0814. The van der Waals surface area contributed by atoms with Crippen molar-refractivity contribution in [3.05, 3.63) is 51.9 Å². The second-order valence-corrected chi connectivity index (χ2v) is 11.7. The molecule has 0 spiro atoms. The molecule has 1 saturated heterocycles. The molecule has 1 saturated carbocycles. The molecule has 2 N–H and O–H groups in total. The van der Waals surface area contributed by atoms with Crippen molar-refractivity contribution >= 4 is 17.0 Å². The number of imidazole rings is 1. The number of aromatic nitrogens is 3. The lowest BCUT2D eigenvalue weighted by molar-refractivity contribution is -0.155. The molecule has 8 heteroatoms. The Hall–Kier alpha value is -2.97. The van der Waals surface area contributed by atoms with Gasteiger partial charge in [0, 0.05) is 43.6 Å². The lowest BCUT2D eigenvalue weighted by atomic mass is 9.96. The van der Waals surface area contributed by atoms with Gasteiger partial charge in [0.1, 0.15) is 18.0 Å². The van der Waals surface area contributed by atoms with Crippen molar-refractivity contribution in [2.24, 2.45) is 11.8 Å². The van der Waals surface area contributed by atoms with Gasteiger partial charge in [0.05, 0.1) is 11.0 Å². The maximum atomic E-state index is 12.9. The summed E-state index contributed by atoms with van der Waals surface area (Å²) in [4.78, 5) is 32.8. The maximum absolute atomic E-state index is 12.9. The van der Waals surface area contributed by atoms with E-state index in [1.807, 2.05) is 13.0 Å². The summed E-state index contributed by atoms with van der Waals surface area (Å²) in [6, 6.07) is 7.97. The van der Waals surface area contributed by atoms with Crippen molar-refractivity contribution in [3.8, 4) is 11.4 Å². The van der Waals surface area contributed by atoms with Crippen LogP contribution in [0.15, 0.2) is 35.3 Å². The van der Waals surface area contributed by atoms with Gasteiger partial charge in [0.25, 0.3) is 5.56 Å². The van der Waals surface area contributed by atoms with Crippen molar-refractivity contribution in [3.63, 3.8) is 0 Å². The average Bonchev–Trinajstić information content (AvgIpc) is 3.25. The van der Waals surface area contributed by atoms with Crippen LogP contribution in [-0.2, 0) is 27.4 Å². The molecule has 3 heterocycles. The lowest BCUT2D eigenvalue weighted by Crippen LogP contribution is -2.40. The average molecular weight is 535 g/mol. The van der Waals surface area contributed by atoms with Gasteiger partial charge in [-0.2, -0.15) is 0 Å². The van der Waals surface area contributed by atoms with Crippen LogP contribution in [0.2, 0.25) is 0 Å². The number of aromatic amines is 1. The normalized spacial score (nSPS) is 17.4. The number of pyridine rings is 1. The number of carbonyl (C=O) groups is 1. The van der Waals surface area contributed by atoms with E-state index < -0.39 is 0 Å². The summed E-state index contributed by atoms with van der Waals surface area (Å²) >= 11 is 0. The highest BCUT2D eigenvalue weighted by molar-refractivity contribution is 5.81. The van der Waals surface area contributed by atoms with Gasteiger partial charge in [-0.3, -0.25) is 9.59 Å². The number of hydrogen-bond acceptors (Lipinski definition) is 6. The van der Waals surface area contributed by atoms with Gasteiger partial charge in [-0.1, -0.05) is 19.9 Å². The third-order valence-electron chi connectivity index (χ3n) is 8.15. The zero-order chi connectivity index (χ0) is 27.4. The first-order chi connectivity index (χ1) is 18.9.